The van der Waals surface area contributed by atoms with E-state index in [0.717, 1.165) is 11.1 Å². The maximum Gasteiger partial charge on any atom is 0.273 e. The molecule has 0 radical (unpaired) electrons. The van der Waals surface area contributed by atoms with Gasteiger partial charge in [0.05, 0.1) is 26.9 Å². The number of phenols is 4. The highest BCUT2D eigenvalue weighted by Crippen LogP contribution is 2.31. The Morgan fingerprint density at radius 2 is 1.19 bits per heavy atom. The van der Waals surface area contributed by atoms with E-state index in [4.69, 9.17) is 31.3 Å². The van der Waals surface area contributed by atoms with Crippen molar-refractivity contribution in [2.75, 3.05) is 0 Å². The van der Waals surface area contributed by atoms with E-state index in [1.807, 2.05) is 32.0 Å². The number of carbonyl (C=O) groups excluding carboxylic acids is 1. The average Bonchev–Trinajstić information content (AvgIpc) is 3.40. The van der Waals surface area contributed by atoms with Crippen LogP contribution in [0.1, 0.15) is 83.0 Å². The van der Waals surface area contributed by atoms with Crippen LogP contribution in [-0.2, 0) is 4.79 Å². The minimum atomic E-state index is -2.96. The Balaban J connectivity index is 0.000000430. The summed E-state index contributed by atoms with van der Waals surface area (Å²) in [6, 6.07) is 3.63. The molecular formula is C37H42Br3N3O5. The number of hydrogen-bond acceptors (Lipinski definition) is 7. The van der Waals surface area contributed by atoms with Gasteiger partial charge in [-0.1, -0.05) is 84.1 Å². The number of amides is 1. The summed E-state index contributed by atoms with van der Waals surface area (Å²) in [7, 11) is 0. The van der Waals surface area contributed by atoms with Gasteiger partial charge < -0.3 is 20.4 Å². The van der Waals surface area contributed by atoms with Crippen LogP contribution in [0.2, 0.25) is 0 Å². The summed E-state index contributed by atoms with van der Waals surface area (Å²) in [5.41, 5.74) is 1.55. The molecule has 5 N–H and O–H groups in total. The third kappa shape index (κ3) is 12.6. The quantitative estimate of drug-likeness (QED) is 0.111. The number of carbonyl (C=O) groups is 1. The van der Waals surface area contributed by atoms with E-state index in [9.17, 15) is 25.2 Å². The fourth-order valence-electron chi connectivity index (χ4n) is 2.93. The highest BCUT2D eigenvalue weighted by atomic mass is 79.9. The van der Waals surface area contributed by atoms with Crippen LogP contribution < -0.4 is 5.43 Å². The fourth-order valence-corrected chi connectivity index (χ4v) is 3.78. The number of phenolic OH excluding ortho intramolecular Hbond substituents is 4. The molecule has 1 aliphatic rings. The van der Waals surface area contributed by atoms with Crippen LogP contribution >= 0.6 is 47.8 Å². The maximum absolute atomic E-state index is 10.8. The highest BCUT2D eigenvalue weighted by molar-refractivity contribution is 9.26. The van der Waals surface area contributed by atoms with E-state index >= 15 is 0 Å². The molecule has 0 bridgehead atoms. The molecule has 11 heteroatoms. The van der Waals surface area contributed by atoms with Crippen LogP contribution in [0.4, 0.5) is 0 Å². The molecule has 0 spiro atoms. The number of benzene rings is 4. The van der Waals surface area contributed by atoms with Crippen molar-refractivity contribution >= 4 is 59.4 Å². The second kappa shape index (κ2) is 19.2. The van der Waals surface area contributed by atoms with Gasteiger partial charge >= 0.3 is 0 Å². The second-order valence-corrected chi connectivity index (χ2v) is 13.7. The molecular weight excluding hydrogens is 806 g/mol. The number of para-hydroxylation sites is 2. The summed E-state index contributed by atoms with van der Waals surface area (Å²) >= 11 is 9.27. The summed E-state index contributed by atoms with van der Waals surface area (Å²) in [4.78, 5) is 10.8. The third-order valence-electron chi connectivity index (χ3n) is 5.74. The monoisotopic (exact) mass is 864 g/mol. The van der Waals surface area contributed by atoms with Gasteiger partial charge in [-0.05, 0) is 131 Å². The van der Waals surface area contributed by atoms with E-state index in [2.05, 4.69) is 58.3 Å². The molecule has 1 aliphatic heterocycles. The number of nitrogens with one attached hydrogen (secondary N) is 1. The Morgan fingerprint density at radius 1 is 0.750 bits per heavy atom. The van der Waals surface area contributed by atoms with Gasteiger partial charge in [-0.2, -0.15) is 10.4 Å². The number of halogens is 3. The molecule has 0 saturated carbocycles. The molecule has 48 heavy (non-hydrogen) atoms. The van der Waals surface area contributed by atoms with E-state index in [-0.39, 0.29) is 39.6 Å². The third-order valence-corrected chi connectivity index (χ3v) is 8.01. The van der Waals surface area contributed by atoms with Crippen molar-refractivity contribution in [3.63, 3.8) is 0 Å². The van der Waals surface area contributed by atoms with Gasteiger partial charge in [-0.3, -0.25) is 4.79 Å². The van der Waals surface area contributed by atoms with Gasteiger partial charge in [0.1, 0.15) is 23.0 Å². The minimum absolute atomic E-state index is 0.0159. The van der Waals surface area contributed by atoms with Gasteiger partial charge in [-0.15, -0.1) is 0 Å². The number of nitrogens with zero attached hydrogens (tertiary/aromatic N) is 2. The maximum atomic E-state index is 10.8. The van der Waals surface area contributed by atoms with Crippen molar-refractivity contribution in [1.29, 1.82) is 5.26 Å². The van der Waals surface area contributed by atoms with Crippen LogP contribution in [0, 0.1) is 66.4 Å². The van der Waals surface area contributed by atoms with Crippen LogP contribution in [0.5, 0.6) is 23.0 Å². The number of rotatable bonds is 0. The fraction of sp³-hybridized carbons (Fsp3) is 0.270. The van der Waals surface area contributed by atoms with Crippen molar-refractivity contribution in [2.24, 2.45) is 5.10 Å². The van der Waals surface area contributed by atoms with E-state index < -0.39 is 99.9 Å². The molecule has 256 valence electrons. The Hall–Kier alpha value is -3.85. The molecule has 5 rings (SSSR count). The largest absolute Gasteiger partial charge is 0.507 e. The number of hydrogen-bond donors (Lipinski definition) is 5. The average molecular weight is 868 g/mol. The molecule has 0 fully saturated rings. The van der Waals surface area contributed by atoms with Gasteiger partial charge in [0.2, 0.25) is 0 Å². The Morgan fingerprint density at radius 3 is 1.60 bits per heavy atom. The lowest BCUT2D eigenvalue weighted by molar-refractivity contribution is -0.119. The Bertz CT molecular complexity index is 2410. The topological polar surface area (TPSA) is 146 Å². The summed E-state index contributed by atoms with van der Waals surface area (Å²) in [6.45, 7) is -2.79. The van der Waals surface area contributed by atoms with Gasteiger partial charge in [0.15, 0.2) is 3.23 Å². The SMILES string of the molecule is CC1=NNC(=O)C1(Br)Br.Cc1cccc(C)c1O.[2H]c1c(C#N)c([2H])c(C([2H])([2H])[2H])c(O)c1C([2H])([2H])[2H].[2H]c1c(C)c(O)c(C([2H])([2H])[2H])c([2H])c1Br.[2H]c1c([2H])c(C)c(O)c(C([2H])([2H])[2H])c1[2H]. The van der Waals surface area contributed by atoms with Gasteiger partial charge in [0, 0.05) is 20.9 Å². The molecule has 0 atom stereocenters. The normalized spacial score (nSPS) is 18.9. The smallest absolute Gasteiger partial charge is 0.273 e. The lowest BCUT2D eigenvalue weighted by atomic mass is 10.1. The van der Waals surface area contributed by atoms with Crippen molar-refractivity contribution in [2.45, 2.75) is 65.3 Å². The molecule has 8 nitrogen and oxygen atoms in total. The van der Waals surface area contributed by atoms with Crippen molar-refractivity contribution in [1.82, 2.24) is 5.43 Å². The zero-order valence-electron chi connectivity index (χ0n) is 45.0. The highest BCUT2D eigenvalue weighted by Gasteiger charge is 2.40. The Kier molecular flexibility index (Phi) is 8.26. The molecule has 1 amide bonds. The van der Waals surface area contributed by atoms with Crippen LogP contribution in [0.15, 0.2) is 70.1 Å². The zero-order chi connectivity index (χ0) is 53.0. The molecule has 0 saturated heterocycles. The molecule has 1 heterocycles. The lowest BCUT2D eigenvalue weighted by Crippen LogP contribution is -2.31. The summed E-state index contributed by atoms with van der Waals surface area (Å²) in [5, 5.41) is 50.6. The first-order chi connectivity index (χ1) is 30.0. The number of nitriles is 1. The minimum Gasteiger partial charge on any atom is -0.507 e. The second-order valence-electron chi connectivity index (χ2n) is 9.42. The summed E-state index contributed by atoms with van der Waals surface area (Å²) in [6.07, 6.45) is 0. The van der Waals surface area contributed by atoms with E-state index in [1.54, 1.807) is 6.92 Å². The standard InChI is InChI=1S/C9H9NO.C8H9BrO.2C8H10O.C4H4Br2N2O/c1-6-3-8(5-10)4-7(2)9(6)11;1-5-3-7(9)4-6(2)8(5)10;2*1-6-4-3-5-7(2)8(6)9;1-2-4(5,6)3(9)8-7-2/h3-4,11H,1-2H3;3-4,10H,1-2H3;2*3-5,9H,1-2H3;1H3,(H,8,9)/i1D3,2D3,3D,4D;1D3,3D,4D;1D3,3D,4D,5D;;. The summed E-state index contributed by atoms with van der Waals surface area (Å²) < 4.78 is 138. The van der Waals surface area contributed by atoms with Crippen molar-refractivity contribution < 1.29 is 51.3 Å². The van der Waals surface area contributed by atoms with Gasteiger partial charge in [-0.25, -0.2) is 5.43 Å². The first kappa shape index (κ1) is 20.6. The molecule has 0 aliphatic carbocycles. The predicted molar refractivity (Wildman–Crippen MR) is 205 cm³/mol. The van der Waals surface area contributed by atoms with Crippen LogP contribution in [-0.4, -0.2) is 35.3 Å². The summed E-state index contributed by atoms with van der Waals surface area (Å²) in [5.74, 6) is -1.99. The molecule has 4 aromatic rings. The molecule has 0 unspecified atom stereocenters. The predicted octanol–water partition coefficient (Wildman–Crippen LogP) is 9.65. The van der Waals surface area contributed by atoms with Crippen molar-refractivity contribution in [3.05, 3.63) is 115 Å². The van der Waals surface area contributed by atoms with Crippen LogP contribution in [0.25, 0.3) is 0 Å². The van der Waals surface area contributed by atoms with Crippen LogP contribution in [0.3, 0.4) is 0 Å². The molecule has 0 aromatic heterocycles. The first-order valence-electron chi connectivity index (χ1n) is 22.6. The molecule has 4 aromatic carbocycles. The lowest BCUT2D eigenvalue weighted by Gasteiger charge is -2.07. The van der Waals surface area contributed by atoms with E-state index in [0.29, 0.717) is 11.5 Å². The van der Waals surface area contributed by atoms with Crippen molar-refractivity contribution in [3.8, 4) is 29.1 Å². The van der Waals surface area contributed by atoms with E-state index in [1.165, 1.54) is 19.9 Å². The zero-order valence-corrected chi connectivity index (χ0v) is 30.7. The number of aromatic hydroxyl groups is 4. The first-order valence-corrected chi connectivity index (χ1v) is 15.5. The number of aryl methyl sites for hydroxylation is 2. The Labute approximate surface area is 335 Å². The van der Waals surface area contributed by atoms with Gasteiger partial charge in [0.25, 0.3) is 5.91 Å². The number of alkyl halides is 2. The number of hydrazone groups is 1.